The summed E-state index contributed by atoms with van der Waals surface area (Å²) in [4.78, 5) is 4.45. The zero-order chi connectivity index (χ0) is 19.4. The first-order valence-electron chi connectivity index (χ1n) is 9.69. The zero-order valence-corrected chi connectivity index (χ0v) is 16.9. The van der Waals surface area contributed by atoms with Gasteiger partial charge in [0.25, 0.3) is 0 Å². The van der Waals surface area contributed by atoms with Crippen molar-refractivity contribution in [1.82, 2.24) is 0 Å². The molecule has 1 aromatic rings. The molecule has 0 aliphatic carbocycles. The van der Waals surface area contributed by atoms with E-state index < -0.39 is 5.54 Å². The van der Waals surface area contributed by atoms with Gasteiger partial charge in [-0.25, -0.2) is 4.99 Å². The molecule has 1 N–H and O–H groups in total. The molecule has 1 atom stereocenters. The minimum atomic E-state index is -0.470. The van der Waals surface area contributed by atoms with Gasteiger partial charge in [-0.2, -0.15) is 0 Å². The van der Waals surface area contributed by atoms with Crippen molar-refractivity contribution in [2.45, 2.75) is 65.3 Å². The van der Waals surface area contributed by atoms with Gasteiger partial charge in [0.05, 0.1) is 13.2 Å². The van der Waals surface area contributed by atoms with Gasteiger partial charge in [-0.3, -0.25) is 0 Å². The summed E-state index contributed by atoms with van der Waals surface area (Å²) in [7, 11) is 0. The molecule has 4 heteroatoms. The van der Waals surface area contributed by atoms with Crippen LogP contribution in [-0.4, -0.2) is 36.4 Å². The third kappa shape index (κ3) is 7.61. The zero-order valence-electron chi connectivity index (χ0n) is 16.9. The van der Waals surface area contributed by atoms with Gasteiger partial charge in [-0.1, -0.05) is 31.6 Å². The Hall–Kier alpha value is -1.81. The first-order chi connectivity index (χ1) is 12.5. The number of allylic oxidation sites excluding steroid dienone is 1. The van der Waals surface area contributed by atoms with Crippen molar-refractivity contribution in [1.29, 1.82) is 0 Å². The highest BCUT2D eigenvalue weighted by Crippen LogP contribution is 2.25. The number of nitrogens with zero attached hydrogens (tertiary/aromatic N) is 1. The maximum absolute atomic E-state index is 9.62. The van der Waals surface area contributed by atoms with E-state index in [0.717, 1.165) is 44.5 Å². The molecule has 0 radical (unpaired) electrons. The van der Waals surface area contributed by atoms with Gasteiger partial charge in [-0.05, 0) is 56.7 Å². The highest BCUT2D eigenvalue weighted by molar-refractivity contribution is 5.75. The summed E-state index contributed by atoms with van der Waals surface area (Å²) in [5.74, 6) is 1.57. The molecule has 0 amide bonds. The highest BCUT2D eigenvalue weighted by atomic mass is 16.5. The van der Waals surface area contributed by atoms with Crippen LogP contribution < -0.4 is 4.74 Å². The lowest BCUT2D eigenvalue weighted by molar-refractivity contribution is 0.150. The van der Waals surface area contributed by atoms with Gasteiger partial charge in [0.2, 0.25) is 0 Å². The molecular formula is C22H35NO3. The number of hydrogen-bond acceptors (Lipinski definition) is 4. The SMILES string of the molecule is C=C(C)CCCCOc1ccc(CCC2(CO)COC(C)=N2)cc1.CC. The molecular weight excluding hydrogens is 326 g/mol. The standard InChI is InChI=1S/C20H29NO3.C2H6/c1-16(2)6-4-5-13-23-19-9-7-18(8-10-19)11-12-20(14-22)15-24-17(3)21-20;1-2/h7-10,22H,1,4-6,11-15H2,2-3H3;1-2H3. The maximum atomic E-state index is 9.62. The average molecular weight is 362 g/mol. The summed E-state index contributed by atoms with van der Waals surface area (Å²) in [6.45, 7) is 13.0. The number of ether oxygens (including phenoxy) is 2. The van der Waals surface area contributed by atoms with E-state index in [1.54, 1.807) is 0 Å². The summed E-state index contributed by atoms with van der Waals surface area (Å²) < 4.78 is 11.2. The van der Waals surface area contributed by atoms with Crippen molar-refractivity contribution in [3.05, 3.63) is 42.0 Å². The van der Waals surface area contributed by atoms with Crippen molar-refractivity contribution >= 4 is 5.90 Å². The molecule has 1 heterocycles. The summed E-state index contributed by atoms with van der Waals surface area (Å²) in [5, 5.41) is 9.62. The Morgan fingerprint density at radius 1 is 1.27 bits per heavy atom. The average Bonchev–Trinajstić information content (AvgIpc) is 3.04. The molecule has 146 valence electrons. The first-order valence-corrected chi connectivity index (χ1v) is 9.69. The topological polar surface area (TPSA) is 51.0 Å². The van der Waals surface area contributed by atoms with E-state index >= 15 is 0 Å². The Kier molecular flexibility index (Phi) is 10.0. The Morgan fingerprint density at radius 2 is 1.96 bits per heavy atom. The number of hydrogen-bond donors (Lipinski definition) is 1. The van der Waals surface area contributed by atoms with Crippen LogP contribution in [-0.2, 0) is 11.2 Å². The molecule has 1 unspecified atom stereocenters. The lowest BCUT2D eigenvalue weighted by atomic mass is 9.94. The fraction of sp³-hybridized carbons (Fsp3) is 0.591. The largest absolute Gasteiger partial charge is 0.494 e. The normalized spacial score (nSPS) is 18.4. The van der Waals surface area contributed by atoms with E-state index in [9.17, 15) is 5.11 Å². The van der Waals surface area contributed by atoms with Crippen molar-refractivity contribution in [2.75, 3.05) is 19.8 Å². The Morgan fingerprint density at radius 3 is 2.50 bits per heavy atom. The third-order valence-corrected chi connectivity index (χ3v) is 4.31. The molecule has 26 heavy (non-hydrogen) atoms. The molecule has 0 saturated heterocycles. The van der Waals surface area contributed by atoms with E-state index in [2.05, 4.69) is 30.6 Å². The van der Waals surface area contributed by atoms with Crippen LogP contribution in [0.4, 0.5) is 0 Å². The van der Waals surface area contributed by atoms with Crippen molar-refractivity contribution in [2.24, 2.45) is 4.99 Å². The number of aryl methyl sites for hydroxylation is 1. The molecule has 0 bridgehead atoms. The maximum Gasteiger partial charge on any atom is 0.180 e. The van der Waals surface area contributed by atoms with Crippen LogP contribution in [0.2, 0.25) is 0 Å². The minimum absolute atomic E-state index is 0.0235. The van der Waals surface area contributed by atoms with Crippen molar-refractivity contribution in [3.63, 3.8) is 0 Å². The third-order valence-electron chi connectivity index (χ3n) is 4.31. The van der Waals surface area contributed by atoms with E-state index in [-0.39, 0.29) is 6.61 Å². The van der Waals surface area contributed by atoms with Gasteiger partial charge in [-0.15, -0.1) is 6.58 Å². The number of aliphatic imine (C=N–C) groups is 1. The number of benzene rings is 1. The van der Waals surface area contributed by atoms with E-state index in [0.29, 0.717) is 12.5 Å². The number of rotatable bonds is 10. The highest BCUT2D eigenvalue weighted by Gasteiger charge is 2.34. The second-order valence-electron chi connectivity index (χ2n) is 6.71. The molecule has 0 aromatic heterocycles. The number of aliphatic hydroxyl groups is 1. The second kappa shape index (κ2) is 11.7. The van der Waals surface area contributed by atoms with Gasteiger partial charge >= 0.3 is 0 Å². The van der Waals surface area contributed by atoms with Gasteiger partial charge in [0.15, 0.2) is 5.90 Å². The van der Waals surface area contributed by atoms with Crippen LogP contribution in [0.1, 0.15) is 58.9 Å². The molecule has 0 fully saturated rings. The van der Waals surface area contributed by atoms with Crippen LogP contribution in [0.3, 0.4) is 0 Å². The summed E-state index contributed by atoms with van der Waals surface area (Å²) in [5.41, 5.74) is 1.98. The van der Waals surface area contributed by atoms with E-state index in [1.807, 2.05) is 32.9 Å². The fourth-order valence-corrected chi connectivity index (χ4v) is 2.77. The summed E-state index contributed by atoms with van der Waals surface area (Å²) >= 11 is 0. The first kappa shape index (κ1) is 22.2. The monoisotopic (exact) mass is 361 g/mol. The van der Waals surface area contributed by atoms with Gasteiger partial charge in [0.1, 0.15) is 17.9 Å². The lowest BCUT2D eigenvalue weighted by Gasteiger charge is -2.21. The predicted octanol–water partition coefficient (Wildman–Crippen LogP) is 4.95. The van der Waals surface area contributed by atoms with Crippen molar-refractivity contribution < 1.29 is 14.6 Å². The molecule has 0 spiro atoms. The number of aliphatic hydroxyl groups excluding tert-OH is 1. The quantitative estimate of drug-likeness (QED) is 0.474. The van der Waals surface area contributed by atoms with Crippen LogP contribution in [0.5, 0.6) is 5.75 Å². The van der Waals surface area contributed by atoms with Crippen LogP contribution in [0.25, 0.3) is 0 Å². The van der Waals surface area contributed by atoms with Crippen molar-refractivity contribution in [3.8, 4) is 5.75 Å². The van der Waals surface area contributed by atoms with Crippen LogP contribution in [0, 0.1) is 0 Å². The summed E-state index contributed by atoms with van der Waals surface area (Å²) in [6.07, 6.45) is 4.88. The van der Waals surface area contributed by atoms with E-state index in [4.69, 9.17) is 9.47 Å². The van der Waals surface area contributed by atoms with Crippen LogP contribution >= 0.6 is 0 Å². The molecule has 1 aromatic carbocycles. The fourth-order valence-electron chi connectivity index (χ4n) is 2.77. The summed E-state index contributed by atoms with van der Waals surface area (Å²) in [6, 6.07) is 8.19. The van der Waals surface area contributed by atoms with Gasteiger partial charge < -0.3 is 14.6 Å². The van der Waals surface area contributed by atoms with E-state index in [1.165, 1.54) is 11.1 Å². The Bertz CT molecular complexity index is 565. The minimum Gasteiger partial charge on any atom is -0.494 e. The Labute approximate surface area is 158 Å². The molecule has 0 saturated carbocycles. The molecule has 1 aliphatic heterocycles. The van der Waals surface area contributed by atoms with Gasteiger partial charge in [0, 0.05) is 6.92 Å². The molecule has 4 nitrogen and oxygen atoms in total. The predicted molar refractivity (Wildman–Crippen MR) is 109 cm³/mol. The van der Waals surface area contributed by atoms with Crippen LogP contribution in [0.15, 0.2) is 41.4 Å². The molecule has 2 rings (SSSR count). The molecule has 1 aliphatic rings. The lowest BCUT2D eigenvalue weighted by Crippen LogP contribution is -2.33. The second-order valence-corrected chi connectivity index (χ2v) is 6.71. The number of unbranched alkanes of at least 4 members (excludes halogenated alkanes) is 1. The smallest absolute Gasteiger partial charge is 0.180 e. The Balaban J connectivity index is 0.00000163.